The van der Waals surface area contributed by atoms with Gasteiger partial charge in [-0.1, -0.05) is 98.8 Å². The summed E-state index contributed by atoms with van der Waals surface area (Å²) < 4.78 is 42.0. The molecule has 24 nitrogen and oxygen atoms in total. The number of halogens is 4. The van der Waals surface area contributed by atoms with Crippen LogP contribution in [0.3, 0.4) is 0 Å². The summed E-state index contributed by atoms with van der Waals surface area (Å²) in [5, 5.41) is 7.57. The molecule has 3 N–H and O–H groups in total. The van der Waals surface area contributed by atoms with Crippen molar-refractivity contribution in [3.05, 3.63) is 0 Å². The standard InChI is InChI=1S/C71H116ClF3N12O12/c1-13-15-27-53-66(96)84(11)56(67(97)86-35-22-17-23-36-86)41-58(89)82(9)54(38-45(3)4)62(92)77-61(46(5)14-2)68(98)81(8)43-59(90)79(6)44-60(91)83(10)55(40-47-25-18-16-19-26-47)65(95)80(7)42-57(88)76-51(32-30-48-29-31-49(50(72)39-48)71(73,74)75)64(94)87-37-24-28-52(87)63(93)78-70(33-20-21-34-70)69(99)85(53)12/h45-56,61H,13-44H2,1-12H3,(H,76,88)(H,77,92)(H,78,93)/t46-,48?,49?,50?,51-,52-,53-,54-,55-,56-,61-/m0/s1. The summed E-state index contributed by atoms with van der Waals surface area (Å²) in [4.78, 5) is 190. The van der Waals surface area contributed by atoms with Gasteiger partial charge in [-0.15, -0.1) is 11.6 Å². The van der Waals surface area contributed by atoms with Gasteiger partial charge in [0, 0.05) is 74.3 Å². The molecule has 0 aromatic carbocycles. The van der Waals surface area contributed by atoms with Gasteiger partial charge in [-0.2, -0.15) is 13.2 Å². The average molecular weight is 1420 g/mol. The van der Waals surface area contributed by atoms with Crippen LogP contribution < -0.4 is 16.0 Å². The van der Waals surface area contributed by atoms with Crippen molar-refractivity contribution in [1.82, 2.24) is 60.0 Å². The van der Waals surface area contributed by atoms with Gasteiger partial charge in [-0.05, 0) is 120 Å². The van der Waals surface area contributed by atoms with Gasteiger partial charge in [0.15, 0.2) is 0 Å². The molecule has 6 aliphatic rings. The summed E-state index contributed by atoms with van der Waals surface area (Å²) in [7, 11) is 9.99. The van der Waals surface area contributed by atoms with Gasteiger partial charge in [0.25, 0.3) is 0 Å². The van der Waals surface area contributed by atoms with Crippen LogP contribution in [0.1, 0.15) is 202 Å². The van der Waals surface area contributed by atoms with E-state index in [0.29, 0.717) is 64.5 Å². The number of unbranched alkanes of at least 4 members (excludes halogenated alkanes) is 1. The molecule has 28 heteroatoms. The second kappa shape index (κ2) is 37.1. The first-order valence-corrected chi connectivity index (χ1v) is 37.1. The van der Waals surface area contributed by atoms with Crippen molar-refractivity contribution in [1.29, 1.82) is 0 Å². The predicted molar refractivity (Wildman–Crippen MR) is 368 cm³/mol. The molecule has 0 radical (unpaired) electrons. The Morgan fingerprint density at radius 1 is 0.586 bits per heavy atom. The van der Waals surface area contributed by atoms with Gasteiger partial charge in [-0.25, -0.2) is 0 Å². The first-order chi connectivity index (χ1) is 46.7. The average Bonchev–Trinajstić information content (AvgIpc) is 1.67. The quantitative estimate of drug-likeness (QED) is 0.177. The lowest BCUT2D eigenvalue weighted by Gasteiger charge is -2.41. The molecular formula is C71H116ClF3N12O12. The third kappa shape index (κ3) is 21.4. The third-order valence-corrected chi connectivity index (χ3v) is 22.8. The van der Waals surface area contributed by atoms with Gasteiger partial charge in [0.1, 0.15) is 47.8 Å². The minimum absolute atomic E-state index is 0.000829. The fourth-order valence-electron chi connectivity index (χ4n) is 15.6. The van der Waals surface area contributed by atoms with E-state index in [-0.39, 0.29) is 94.9 Å². The Bertz CT molecular complexity index is 2840. The van der Waals surface area contributed by atoms with E-state index in [1.807, 2.05) is 27.7 Å². The summed E-state index contributed by atoms with van der Waals surface area (Å²) in [6.45, 7) is 8.46. The maximum Gasteiger partial charge on any atom is 0.393 e. The normalized spacial score (nSPS) is 29.2. The summed E-state index contributed by atoms with van der Waals surface area (Å²) in [5.74, 6) is -10.2. The van der Waals surface area contributed by atoms with E-state index in [0.717, 1.165) is 53.2 Å². The number of rotatable bonds is 13. The molecule has 3 saturated carbocycles. The van der Waals surface area contributed by atoms with Crippen LogP contribution in [0.4, 0.5) is 13.2 Å². The van der Waals surface area contributed by atoms with E-state index in [1.165, 1.54) is 73.8 Å². The number of likely N-dealkylation sites (tertiary alicyclic amines) is 1. The molecule has 3 aliphatic carbocycles. The van der Waals surface area contributed by atoms with Gasteiger partial charge < -0.3 is 60.0 Å². The highest BCUT2D eigenvalue weighted by atomic mass is 35.5. The van der Waals surface area contributed by atoms with E-state index >= 15 is 19.2 Å². The second-order valence-corrected chi connectivity index (χ2v) is 30.6. The topological polar surface area (TPSA) is 270 Å². The van der Waals surface area contributed by atoms with Crippen LogP contribution in [0.25, 0.3) is 0 Å². The zero-order valence-corrected chi connectivity index (χ0v) is 61.8. The smallest absolute Gasteiger partial charge is 0.343 e. The molecule has 6 rings (SSSR count). The lowest BCUT2D eigenvalue weighted by molar-refractivity contribution is -0.182. The number of piperidine rings is 1. The molecule has 560 valence electrons. The molecule has 11 atom stereocenters. The number of nitrogens with zero attached hydrogens (tertiary/aromatic N) is 9. The molecule has 0 bridgehead atoms. The lowest BCUT2D eigenvalue weighted by Crippen LogP contribution is -2.64. The van der Waals surface area contributed by atoms with E-state index in [1.54, 1.807) is 11.8 Å². The fraction of sp³-hybridized carbons (Fsp3) is 0.831. The molecule has 3 aliphatic heterocycles. The highest BCUT2D eigenvalue weighted by molar-refractivity contribution is 6.21. The number of amides is 12. The molecule has 6 fully saturated rings. The van der Waals surface area contributed by atoms with Crippen molar-refractivity contribution < 1.29 is 70.7 Å². The zero-order valence-electron chi connectivity index (χ0n) is 61.1. The Kier molecular flexibility index (Phi) is 30.6. The number of hydrogen-bond donors (Lipinski definition) is 3. The summed E-state index contributed by atoms with van der Waals surface area (Å²) in [5.41, 5.74) is -1.55. The van der Waals surface area contributed by atoms with E-state index in [4.69, 9.17) is 11.6 Å². The lowest BCUT2D eigenvalue weighted by atomic mass is 9.78. The van der Waals surface area contributed by atoms with Crippen LogP contribution in [0.5, 0.6) is 0 Å². The van der Waals surface area contributed by atoms with Gasteiger partial charge in [0.05, 0.1) is 32.0 Å². The number of likely N-dealkylation sites (N-methyl/N-ethyl adjacent to an activating group) is 7. The van der Waals surface area contributed by atoms with E-state index in [2.05, 4.69) is 16.0 Å². The van der Waals surface area contributed by atoms with Crippen LogP contribution in [0.2, 0.25) is 0 Å². The minimum atomic E-state index is -4.51. The predicted octanol–water partition coefficient (Wildman–Crippen LogP) is 6.09. The number of alkyl halides is 4. The summed E-state index contributed by atoms with van der Waals surface area (Å²) in [6, 6.07) is -8.56. The molecule has 99 heavy (non-hydrogen) atoms. The highest BCUT2D eigenvalue weighted by Crippen LogP contribution is 2.44. The Morgan fingerprint density at radius 2 is 1.20 bits per heavy atom. The van der Waals surface area contributed by atoms with Crippen molar-refractivity contribution in [2.24, 2.45) is 29.6 Å². The third-order valence-electron chi connectivity index (χ3n) is 22.3. The van der Waals surface area contributed by atoms with Crippen molar-refractivity contribution in [2.45, 2.75) is 261 Å². The number of fused-ring (bicyclic) bond motifs is 1. The maximum atomic E-state index is 15.5. The number of nitrogens with one attached hydrogen (secondary N) is 3. The first kappa shape index (κ1) is 81.7. The maximum absolute atomic E-state index is 15.5. The largest absolute Gasteiger partial charge is 0.393 e. The monoisotopic (exact) mass is 1420 g/mol. The van der Waals surface area contributed by atoms with Crippen molar-refractivity contribution in [3.63, 3.8) is 0 Å². The summed E-state index contributed by atoms with van der Waals surface area (Å²) in [6.07, 6.45) is 5.57. The van der Waals surface area contributed by atoms with Crippen LogP contribution in [-0.4, -0.2) is 263 Å². The molecule has 0 aromatic rings. The SMILES string of the molecule is CCCC[C@H]1C(=O)N(C)[C@H](C(=O)N2CCCCC2)CC(=O)N(C)[C@@H](CC(C)C)C(=O)N[C@@H]([C@@H](C)CC)C(=O)N(C)CC(=O)N(C)CC(=O)N(C)[C@@H](CC2CCCCC2)C(=O)N(C)CC(=O)N[C@@H](CCC2CCC(C(F)(F)F)C(Cl)C2)C(=O)N2CCC[C@H]2C(=O)NC2(CCCC2)C(=O)N1C. The van der Waals surface area contributed by atoms with Crippen LogP contribution in [0.15, 0.2) is 0 Å². The second-order valence-electron chi connectivity index (χ2n) is 30.1. The van der Waals surface area contributed by atoms with Gasteiger partial charge >= 0.3 is 6.18 Å². The number of carbonyl (C=O) groups excluding carboxylic acids is 12. The Hall–Kier alpha value is -6.28. The van der Waals surface area contributed by atoms with E-state index in [9.17, 15) is 51.5 Å². The Morgan fingerprint density at radius 3 is 1.81 bits per heavy atom. The van der Waals surface area contributed by atoms with Crippen molar-refractivity contribution in [3.8, 4) is 0 Å². The first-order valence-electron chi connectivity index (χ1n) is 36.7. The molecule has 1 spiro atoms. The highest BCUT2D eigenvalue weighted by Gasteiger charge is 2.51. The molecule has 0 aromatic heterocycles. The molecule has 3 saturated heterocycles. The van der Waals surface area contributed by atoms with Crippen LogP contribution >= 0.6 is 11.6 Å². The zero-order chi connectivity index (χ0) is 73.4. The van der Waals surface area contributed by atoms with Crippen LogP contribution in [0, 0.1) is 29.6 Å². The minimum Gasteiger partial charge on any atom is -0.343 e. The number of carbonyl (C=O) groups is 12. The Balaban J connectivity index is 1.41. The summed E-state index contributed by atoms with van der Waals surface area (Å²) >= 11 is 6.40. The number of hydrogen-bond acceptors (Lipinski definition) is 12. The van der Waals surface area contributed by atoms with Crippen molar-refractivity contribution >= 4 is 82.5 Å². The Labute approximate surface area is 589 Å². The van der Waals surface area contributed by atoms with Gasteiger partial charge in [-0.3, -0.25) is 57.5 Å². The van der Waals surface area contributed by atoms with E-state index < -0.39 is 168 Å². The van der Waals surface area contributed by atoms with Gasteiger partial charge in [0.2, 0.25) is 70.9 Å². The molecule has 12 amide bonds. The fourth-order valence-corrected chi connectivity index (χ4v) is 16.1. The molecule has 3 heterocycles. The molecule has 3 unspecified atom stereocenters. The van der Waals surface area contributed by atoms with Crippen molar-refractivity contribution in [2.75, 3.05) is 88.6 Å². The molecular weight excluding hydrogens is 1310 g/mol. The van der Waals surface area contributed by atoms with Crippen LogP contribution in [-0.2, 0) is 57.5 Å².